The zero-order valence-corrected chi connectivity index (χ0v) is 9.81. The first-order valence-electron chi connectivity index (χ1n) is 5.54. The van der Waals surface area contributed by atoms with Crippen LogP contribution < -0.4 is 5.32 Å². The number of rotatable bonds is 5. The molecule has 1 rings (SSSR count). The summed E-state index contributed by atoms with van der Waals surface area (Å²) in [6, 6.07) is 2.07. The molecule has 3 nitrogen and oxygen atoms in total. The zero-order chi connectivity index (χ0) is 10.9. The molecule has 1 amide bonds. The van der Waals surface area contributed by atoms with E-state index in [1.807, 2.05) is 11.8 Å². The molecular weight excluding hydrogens is 208 g/mol. The standard InChI is InChI=1S/C11H18N2OS/c12-5-1-2-6-13-11(14)9-10-3-7-15-8-4-10/h10H,1-4,6-9H2,(H,13,14). The van der Waals surface area contributed by atoms with Crippen molar-refractivity contribution in [2.75, 3.05) is 18.1 Å². The van der Waals surface area contributed by atoms with Gasteiger partial charge in [-0.1, -0.05) is 0 Å². The fourth-order valence-corrected chi connectivity index (χ4v) is 2.88. The molecule has 0 spiro atoms. The molecule has 0 aromatic rings. The molecule has 1 saturated heterocycles. The Morgan fingerprint density at radius 3 is 2.87 bits per heavy atom. The molecule has 0 aromatic heterocycles. The molecule has 0 atom stereocenters. The van der Waals surface area contributed by atoms with Crippen LogP contribution in [0.3, 0.4) is 0 Å². The number of nitrogens with zero attached hydrogens (tertiary/aromatic N) is 1. The van der Waals surface area contributed by atoms with Crippen LogP contribution >= 0.6 is 11.8 Å². The molecule has 1 heterocycles. The Hall–Kier alpha value is -0.690. The Labute approximate surface area is 95.6 Å². The number of nitrogens with one attached hydrogen (secondary N) is 1. The zero-order valence-electron chi connectivity index (χ0n) is 9.00. The van der Waals surface area contributed by atoms with Gasteiger partial charge in [0, 0.05) is 19.4 Å². The minimum absolute atomic E-state index is 0.157. The van der Waals surface area contributed by atoms with E-state index in [1.54, 1.807) is 0 Å². The van der Waals surface area contributed by atoms with Crippen LogP contribution in [0.2, 0.25) is 0 Å². The second-order valence-electron chi connectivity index (χ2n) is 3.87. The molecule has 1 N–H and O–H groups in total. The van der Waals surface area contributed by atoms with Crippen LogP contribution in [-0.4, -0.2) is 24.0 Å². The van der Waals surface area contributed by atoms with Crippen molar-refractivity contribution < 1.29 is 4.79 Å². The quantitative estimate of drug-likeness (QED) is 0.729. The molecule has 0 bridgehead atoms. The van der Waals surface area contributed by atoms with Gasteiger partial charge in [0.1, 0.15) is 0 Å². The lowest BCUT2D eigenvalue weighted by Crippen LogP contribution is -2.27. The summed E-state index contributed by atoms with van der Waals surface area (Å²) < 4.78 is 0. The van der Waals surface area contributed by atoms with Gasteiger partial charge in [0.2, 0.25) is 5.91 Å². The highest BCUT2D eigenvalue weighted by Gasteiger charge is 2.16. The second-order valence-corrected chi connectivity index (χ2v) is 5.10. The minimum Gasteiger partial charge on any atom is -0.356 e. The Morgan fingerprint density at radius 2 is 2.20 bits per heavy atom. The highest BCUT2D eigenvalue weighted by atomic mass is 32.2. The van der Waals surface area contributed by atoms with E-state index < -0.39 is 0 Å². The van der Waals surface area contributed by atoms with Gasteiger partial charge in [-0.15, -0.1) is 0 Å². The van der Waals surface area contributed by atoms with E-state index in [9.17, 15) is 4.79 Å². The number of hydrogen-bond acceptors (Lipinski definition) is 3. The fourth-order valence-electron chi connectivity index (χ4n) is 1.68. The molecule has 15 heavy (non-hydrogen) atoms. The minimum atomic E-state index is 0.157. The van der Waals surface area contributed by atoms with Crippen molar-refractivity contribution in [1.29, 1.82) is 5.26 Å². The van der Waals surface area contributed by atoms with Gasteiger partial charge in [0.05, 0.1) is 6.07 Å². The van der Waals surface area contributed by atoms with Crippen LogP contribution in [0.4, 0.5) is 0 Å². The summed E-state index contributed by atoms with van der Waals surface area (Å²) in [5.41, 5.74) is 0. The summed E-state index contributed by atoms with van der Waals surface area (Å²) in [5, 5.41) is 11.2. The highest BCUT2D eigenvalue weighted by Crippen LogP contribution is 2.24. The normalized spacial score (nSPS) is 17.0. The number of nitriles is 1. The van der Waals surface area contributed by atoms with Crippen molar-refractivity contribution >= 4 is 17.7 Å². The van der Waals surface area contributed by atoms with E-state index in [0.717, 1.165) is 6.42 Å². The SMILES string of the molecule is N#CCCCNC(=O)CC1CCSCC1. The molecule has 0 saturated carbocycles. The predicted octanol–water partition coefficient (Wildman–Crippen LogP) is 1.94. The van der Waals surface area contributed by atoms with Crippen LogP contribution in [0.15, 0.2) is 0 Å². The molecule has 0 radical (unpaired) electrons. The van der Waals surface area contributed by atoms with Crippen LogP contribution in [0, 0.1) is 17.2 Å². The number of carbonyl (C=O) groups excluding carboxylic acids is 1. The maximum atomic E-state index is 11.5. The lowest BCUT2D eigenvalue weighted by molar-refractivity contribution is -0.122. The Morgan fingerprint density at radius 1 is 1.47 bits per heavy atom. The predicted molar refractivity (Wildman–Crippen MR) is 62.5 cm³/mol. The fraction of sp³-hybridized carbons (Fsp3) is 0.818. The van der Waals surface area contributed by atoms with Crippen molar-refractivity contribution in [3.63, 3.8) is 0 Å². The van der Waals surface area contributed by atoms with Crippen molar-refractivity contribution in [1.82, 2.24) is 5.32 Å². The van der Waals surface area contributed by atoms with E-state index in [4.69, 9.17) is 5.26 Å². The summed E-state index contributed by atoms with van der Waals surface area (Å²) in [6.45, 7) is 0.647. The van der Waals surface area contributed by atoms with Crippen molar-refractivity contribution in [2.24, 2.45) is 5.92 Å². The van der Waals surface area contributed by atoms with Gasteiger partial charge in [-0.3, -0.25) is 4.79 Å². The number of hydrogen-bond donors (Lipinski definition) is 1. The third kappa shape index (κ3) is 5.68. The van der Waals surface area contributed by atoms with Gasteiger partial charge in [-0.25, -0.2) is 0 Å². The van der Waals surface area contributed by atoms with E-state index in [1.165, 1.54) is 24.3 Å². The monoisotopic (exact) mass is 226 g/mol. The van der Waals surface area contributed by atoms with Crippen LogP contribution in [0.5, 0.6) is 0 Å². The van der Waals surface area contributed by atoms with Gasteiger partial charge < -0.3 is 5.32 Å². The van der Waals surface area contributed by atoms with Gasteiger partial charge >= 0.3 is 0 Å². The van der Waals surface area contributed by atoms with E-state index in [2.05, 4.69) is 11.4 Å². The van der Waals surface area contributed by atoms with Crippen LogP contribution in [0.25, 0.3) is 0 Å². The molecule has 1 fully saturated rings. The average molecular weight is 226 g/mol. The second kappa shape index (κ2) is 7.58. The molecular formula is C11H18N2OS. The van der Waals surface area contributed by atoms with Gasteiger partial charge in [-0.05, 0) is 36.7 Å². The number of thioether (sulfide) groups is 1. The Bertz CT molecular complexity index is 231. The largest absolute Gasteiger partial charge is 0.356 e. The summed E-state index contributed by atoms with van der Waals surface area (Å²) in [7, 11) is 0. The molecule has 0 unspecified atom stereocenters. The molecule has 1 aliphatic rings. The highest BCUT2D eigenvalue weighted by molar-refractivity contribution is 7.99. The first-order valence-corrected chi connectivity index (χ1v) is 6.70. The lowest BCUT2D eigenvalue weighted by atomic mass is 9.98. The first kappa shape index (κ1) is 12.4. The smallest absolute Gasteiger partial charge is 0.220 e. The van der Waals surface area contributed by atoms with Crippen molar-refractivity contribution in [2.45, 2.75) is 32.1 Å². The van der Waals surface area contributed by atoms with Crippen molar-refractivity contribution in [3.05, 3.63) is 0 Å². The maximum absolute atomic E-state index is 11.5. The van der Waals surface area contributed by atoms with Gasteiger partial charge in [0.15, 0.2) is 0 Å². The first-order chi connectivity index (χ1) is 7.33. The summed E-state index contributed by atoms with van der Waals surface area (Å²) in [4.78, 5) is 11.5. The Kier molecular flexibility index (Phi) is 6.26. The van der Waals surface area contributed by atoms with E-state index in [0.29, 0.717) is 25.3 Å². The average Bonchev–Trinajstić information content (AvgIpc) is 2.26. The lowest BCUT2D eigenvalue weighted by Gasteiger charge is -2.20. The third-order valence-electron chi connectivity index (χ3n) is 2.60. The van der Waals surface area contributed by atoms with E-state index >= 15 is 0 Å². The molecule has 4 heteroatoms. The summed E-state index contributed by atoms with van der Waals surface area (Å²) >= 11 is 1.98. The van der Waals surface area contributed by atoms with Gasteiger partial charge in [-0.2, -0.15) is 17.0 Å². The van der Waals surface area contributed by atoms with Crippen LogP contribution in [0.1, 0.15) is 32.1 Å². The third-order valence-corrected chi connectivity index (χ3v) is 3.65. The van der Waals surface area contributed by atoms with Gasteiger partial charge in [0.25, 0.3) is 0 Å². The molecule has 0 aromatic carbocycles. The van der Waals surface area contributed by atoms with Crippen molar-refractivity contribution in [3.8, 4) is 6.07 Å². The summed E-state index contributed by atoms with van der Waals surface area (Å²) in [5.74, 6) is 3.14. The molecule has 84 valence electrons. The molecule has 1 aliphatic heterocycles. The molecule has 0 aliphatic carbocycles. The number of amides is 1. The maximum Gasteiger partial charge on any atom is 0.220 e. The van der Waals surface area contributed by atoms with Crippen LogP contribution in [-0.2, 0) is 4.79 Å². The summed E-state index contributed by atoms with van der Waals surface area (Å²) in [6.07, 6.45) is 4.32. The van der Waals surface area contributed by atoms with E-state index in [-0.39, 0.29) is 5.91 Å². The Balaban J connectivity index is 2.04. The topological polar surface area (TPSA) is 52.9 Å². The number of carbonyl (C=O) groups is 1. The number of unbranched alkanes of at least 4 members (excludes halogenated alkanes) is 1.